The molecule has 1 aliphatic carbocycles. The first-order valence-corrected chi connectivity index (χ1v) is 8.74. The highest BCUT2D eigenvalue weighted by Crippen LogP contribution is 2.22. The molecule has 1 saturated carbocycles. The Bertz CT molecular complexity index is 782. The monoisotopic (exact) mass is 339 g/mol. The van der Waals surface area contributed by atoms with Gasteiger partial charge in [-0.3, -0.25) is 19.3 Å². The predicted octanol–water partition coefficient (Wildman–Crippen LogP) is 1.15. The van der Waals surface area contributed by atoms with E-state index in [2.05, 4.69) is 15.4 Å². The minimum Gasteiger partial charge on any atom is -0.349 e. The first kappa shape index (κ1) is 15.8. The lowest BCUT2D eigenvalue weighted by molar-refractivity contribution is -0.131. The summed E-state index contributed by atoms with van der Waals surface area (Å²) in [5.74, 6) is -0.0512. The summed E-state index contributed by atoms with van der Waals surface area (Å²) in [4.78, 5) is 31.1. The van der Waals surface area contributed by atoms with E-state index in [1.165, 1.54) is 0 Å². The average Bonchev–Trinajstić information content (AvgIpc) is 3.38. The van der Waals surface area contributed by atoms with Crippen LogP contribution in [0.4, 0.5) is 0 Å². The van der Waals surface area contributed by atoms with E-state index in [0.29, 0.717) is 24.7 Å². The lowest BCUT2D eigenvalue weighted by Gasteiger charge is -2.20. The number of rotatable bonds is 4. The molecule has 25 heavy (non-hydrogen) atoms. The molecule has 0 aromatic carbocycles. The third-order valence-corrected chi connectivity index (χ3v) is 4.66. The zero-order valence-electron chi connectivity index (χ0n) is 14.0. The maximum absolute atomic E-state index is 12.7. The van der Waals surface area contributed by atoms with Gasteiger partial charge in [-0.1, -0.05) is 6.07 Å². The number of nitrogens with zero attached hydrogens (tertiary/aromatic N) is 4. The normalized spacial score (nSPS) is 16.9. The number of nitrogens with one attached hydrogen (secondary N) is 1. The van der Waals surface area contributed by atoms with Gasteiger partial charge < -0.3 is 10.2 Å². The Labute approximate surface area is 146 Å². The van der Waals surface area contributed by atoms with E-state index >= 15 is 0 Å². The van der Waals surface area contributed by atoms with E-state index in [-0.39, 0.29) is 18.2 Å². The first-order chi connectivity index (χ1) is 12.2. The number of amides is 2. The average molecular weight is 339 g/mol. The molecular weight excluding hydrogens is 318 g/mol. The van der Waals surface area contributed by atoms with Crippen molar-refractivity contribution in [1.29, 1.82) is 0 Å². The fraction of sp³-hybridized carbons (Fsp3) is 0.444. The van der Waals surface area contributed by atoms with Gasteiger partial charge >= 0.3 is 0 Å². The van der Waals surface area contributed by atoms with Gasteiger partial charge in [0.15, 0.2) is 0 Å². The van der Waals surface area contributed by atoms with Crippen LogP contribution in [0.25, 0.3) is 0 Å². The molecule has 4 rings (SSSR count). The Morgan fingerprint density at radius 2 is 2.12 bits per heavy atom. The van der Waals surface area contributed by atoms with Gasteiger partial charge in [0, 0.05) is 31.0 Å². The van der Waals surface area contributed by atoms with Crippen LogP contribution in [-0.4, -0.2) is 44.1 Å². The molecule has 1 fully saturated rings. The largest absolute Gasteiger partial charge is 0.349 e. The number of carbonyl (C=O) groups excluding carboxylic acids is 2. The zero-order valence-corrected chi connectivity index (χ0v) is 14.0. The first-order valence-electron chi connectivity index (χ1n) is 8.74. The lowest BCUT2D eigenvalue weighted by Crippen LogP contribution is -2.33. The van der Waals surface area contributed by atoms with Gasteiger partial charge in [-0.25, -0.2) is 0 Å². The summed E-state index contributed by atoms with van der Waals surface area (Å²) in [6, 6.07) is 5.88. The van der Waals surface area contributed by atoms with Gasteiger partial charge in [-0.05, 0) is 31.4 Å². The van der Waals surface area contributed by atoms with Crippen LogP contribution in [0.2, 0.25) is 0 Å². The second-order valence-electron chi connectivity index (χ2n) is 6.64. The Kier molecular flexibility index (Phi) is 4.21. The van der Waals surface area contributed by atoms with Gasteiger partial charge in [0.25, 0.3) is 5.91 Å². The van der Waals surface area contributed by atoms with E-state index in [9.17, 15) is 9.59 Å². The standard InChI is InChI=1S/C18H21N5O2/c24-17(10-14-4-1-2-7-19-14)22-8-3-9-23-16(12-22)15(11-20-23)18(25)21-13-5-6-13/h1-2,4,7,11,13H,3,5-6,8-10,12H2,(H,21,25). The SMILES string of the molecule is O=C(NC1CC1)c1cnn2c1CN(C(=O)Cc1ccccn1)CCC2. The van der Waals surface area contributed by atoms with E-state index in [0.717, 1.165) is 37.2 Å². The highest BCUT2D eigenvalue weighted by atomic mass is 16.2. The van der Waals surface area contributed by atoms with Gasteiger partial charge in [-0.15, -0.1) is 0 Å². The molecule has 0 unspecified atom stereocenters. The topological polar surface area (TPSA) is 80.1 Å². The van der Waals surface area contributed by atoms with Gasteiger partial charge in [0.1, 0.15) is 0 Å². The number of hydrogen-bond acceptors (Lipinski definition) is 4. The van der Waals surface area contributed by atoms with Crippen molar-refractivity contribution in [3.8, 4) is 0 Å². The van der Waals surface area contributed by atoms with Crippen molar-refractivity contribution in [2.24, 2.45) is 0 Å². The molecule has 0 saturated heterocycles. The predicted molar refractivity (Wildman–Crippen MR) is 90.7 cm³/mol. The molecule has 2 aromatic heterocycles. The van der Waals surface area contributed by atoms with Crippen LogP contribution in [0.5, 0.6) is 0 Å². The Morgan fingerprint density at radius 1 is 1.24 bits per heavy atom. The van der Waals surface area contributed by atoms with Crippen LogP contribution >= 0.6 is 0 Å². The number of pyridine rings is 1. The number of aryl methyl sites for hydroxylation is 1. The van der Waals surface area contributed by atoms with Crippen LogP contribution in [0, 0.1) is 0 Å². The molecule has 2 aromatic rings. The molecule has 7 heteroatoms. The quantitative estimate of drug-likeness (QED) is 0.906. The zero-order chi connectivity index (χ0) is 17.2. The van der Waals surface area contributed by atoms with Crippen molar-refractivity contribution in [2.75, 3.05) is 6.54 Å². The van der Waals surface area contributed by atoms with Crippen LogP contribution < -0.4 is 5.32 Å². The maximum atomic E-state index is 12.7. The van der Waals surface area contributed by atoms with E-state index in [4.69, 9.17) is 0 Å². The minimum atomic E-state index is -0.0808. The van der Waals surface area contributed by atoms with Crippen LogP contribution in [0.15, 0.2) is 30.6 Å². The second kappa shape index (κ2) is 6.66. The molecule has 3 heterocycles. The lowest BCUT2D eigenvalue weighted by atomic mass is 10.2. The number of hydrogen-bond donors (Lipinski definition) is 1. The highest BCUT2D eigenvalue weighted by molar-refractivity contribution is 5.95. The molecule has 130 valence electrons. The summed E-state index contributed by atoms with van der Waals surface area (Å²) in [6.07, 6.45) is 6.51. The number of carbonyl (C=O) groups is 2. The third kappa shape index (κ3) is 3.55. The molecule has 7 nitrogen and oxygen atoms in total. The van der Waals surface area contributed by atoms with Gasteiger partial charge in [-0.2, -0.15) is 5.10 Å². The van der Waals surface area contributed by atoms with Crippen molar-refractivity contribution in [3.63, 3.8) is 0 Å². The van der Waals surface area contributed by atoms with Gasteiger partial charge in [0.05, 0.1) is 30.4 Å². The van der Waals surface area contributed by atoms with E-state index in [1.54, 1.807) is 12.4 Å². The summed E-state index contributed by atoms with van der Waals surface area (Å²) in [6.45, 7) is 1.80. The second-order valence-corrected chi connectivity index (χ2v) is 6.64. The minimum absolute atomic E-state index is 0.0295. The Balaban J connectivity index is 1.50. The summed E-state index contributed by atoms with van der Waals surface area (Å²) in [7, 11) is 0. The molecule has 2 aliphatic rings. The molecular formula is C18H21N5O2. The molecule has 2 amide bonds. The van der Waals surface area contributed by atoms with Crippen molar-refractivity contribution in [3.05, 3.63) is 47.5 Å². The summed E-state index contributed by atoms with van der Waals surface area (Å²) < 4.78 is 1.86. The molecule has 0 atom stereocenters. The Morgan fingerprint density at radius 3 is 2.88 bits per heavy atom. The van der Waals surface area contributed by atoms with Crippen molar-refractivity contribution >= 4 is 11.8 Å². The molecule has 1 aliphatic heterocycles. The van der Waals surface area contributed by atoms with Crippen LogP contribution in [-0.2, 0) is 24.3 Å². The van der Waals surface area contributed by atoms with Crippen molar-refractivity contribution in [1.82, 2.24) is 25.0 Å². The van der Waals surface area contributed by atoms with Crippen molar-refractivity contribution < 1.29 is 9.59 Å². The van der Waals surface area contributed by atoms with Crippen molar-refractivity contribution in [2.45, 2.75) is 44.8 Å². The number of fused-ring (bicyclic) bond motifs is 1. The van der Waals surface area contributed by atoms with Crippen LogP contribution in [0.1, 0.15) is 41.0 Å². The smallest absolute Gasteiger partial charge is 0.255 e. The third-order valence-electron chi connectivity index (χ3n) is 4.66. The molecule has 1 N–H and O–H groups in total. The Hall–Kier alpha value is -2.70. The van der Waals surface area contributed by atoms with Gasteiger partial charge in [0.2, 0.25) is 5.91 Å². The summed E-state index contributed by atoms with van der Waals surface area (Å²) in [5.41, 5.74) is 2.17. The summed E-state index contributed by atoms with van der Waals surface area (Å²) >= 11 is 0. The fourth-order valence-electron chi connectivity index (χ4n) is 3.10. The molecule has 0 spiro atoms. The molecule has 0 radical (unpaired) electrons. The van der Waals surface area contributed by atoms with E-state index < -0.39 is 0 Å². The maximum Gasteiger partial charge on any atom is 0.255 e. The van der Waals surface area contributed by atoms with E-state index in [1.807, 2.05) is 27.8 Å². The van der Waals surface area contributed by atoms with Crippen LogP contribution in [0.3, 0.4) is 0 Å². The number of aromatic nitrogens is 3. The highest BCUT2D eigenvalue weighted by Gasteiger charge is 2.28. The summed E-state index contributed by atoms with van der Waals surface area (Å²) in [5, 5.41) is 7.35. The molecule has 0 bridgehead atoms. The fourth-order valence-corrected chi connectivity index (χ4v) is 3.10.